The van der Waals surface area contributed by atoms with Crippen LogP contribution in [0, 0.1) is 6.92 Å². The highest BCUT2D eigenvalue weighted by Gasteiger charge is 2.13. The fraction of sp³-hybridized carbons (Fsp3) is 0.467. The third-order valence-electron chi connectivity index (χ3n) is 3.27. The van der Waals surface area contributed by atoms with Gasteiger partial charge in [-0.2, -0.15) is 0 Å². The molecular formula is C15H22N4S. The molecule has 1 aromatic carbocycles. The van der Waals surface area contributed by atoms with Crippen molar-refractivity contribution in [2.75, 3.05) is 12.3 Å². The lowest BCUT2D eigenvalue weighted by atomic mass is 10.1. The Kier molecular flexibility index (Phi) is 5.61. The molecule has 20 heavy (non-hydrogen) atoms. The van der Waals surface area contributed by atoms with Gasteiger partial charge in [-0.1, -0.05) is 49.0 Å². The number of thioether (sulfide) groups is 1. The van der Waals surface area contributed by atoms with Crippen LogP contribution in [0.25, 0.3) is 0 Å². The summed E-state index contributed by atoms with van der Waals surface area (Å²) in [4.78, 5) is 0. The van der Waals surface area contributed by atoms with E-state index in [1.807, 2.05) is 18.5 Å². The summed E-state index contributed by atoms with van der Waals surface area (Å²) in [6.45, 7) is 5.19. The molecule has 1 atom stereocenters. The van der Waals surface area contributed by atoms with Crippen molar-refractivity contribution in [2.45, 2.75) is 31.5 Å². The first-order valence-electron chi connectivity index (χ1n) is 6.99. The van der Waals surface area contributed by atoms with E-state index in [9.17, 15) is 0 Å². The summed E-state index contributed by atoms with van der Waals surface area (Å²) in [5.74, 6) is 1.90. The number of aromatic nitrogens is 3. The van der Waals surface area contributed by atoms with Gasteiger partial charge in [-0.25, -0.2) is 0 Å². The van der Waals surface area contributed by atoms with E-state index in [1.165, 1.54) is 5.56 Å². The van der Waals surface area contributed by atoms with E-state index in [1.54, 1.807) is 11.8 Å². The Morgan fingerprint density at radius 1 is 1.25 bits per heavy atom. The van der Waals surface area contributed by atoms with E-state index in [0.717, 1.165) is 29.7 Å². The van der Waals surface area contributed by atoms with Crippen molar-refractivity contribution in [2.24, 2.45) is 7.05 Å². The normalized spacial score (nSPS) is 12.6. The van der Waals surface area contributed by atoms with E-state index >= 15 is 0 Å². The van der Waals surface area contributed by atoms with Gasteiger partial charge in [-0.05, 0) is 25.5 Å². The van der Waals surface area contributed by atoms with E-state index in [4.69, 9.17) is 0 Å². The molecule has 108 valence electrons. The lowest BCUT2D eigenvalue weighted by molar-refractivity contribution is 0.576. The summed E-state index contributed by atoms with van der Waals surface area (Å²) in [5.41, 5.74) is 1.33. The Labute approximate surface area is 125 Å². The largest absolute Gasteiger partial charge is 0.309 e. The van der Waals surface area contributed by atoms with Crippen molar-refractivity contribution in [3.63, 3.8) is 0 Å². The third-order valence-corrected chi connectivity index (χ3v) is 4.39. The van der Waals surface area contributed by atoms with Crippen molar-refractivity contribution >= 4 is 11.8 Å². The highest BCUT2D eigenvalue weighted by Crippen LogP contribution is 2.23. The Morgan fingerprint density at radius 2 is 2.00 bits per heavy atom. The molecule has 0 aliphatic rings. The summed E-state index contributed by atoms with van der Waals surface area (Å²) in [5, 5.41) is 12.9. The predicted molar refractivity (Wildman–Crippen MR) is 83.9 cm³/mol. The Hall–Kier alpha value is -1.33. The average molecular weight is 290 g/mol. The zero-order chi connectivity index (χ0) is 14.4. The number of aryl methyl sites for hydroxylation is 1. The topological polar surface area (TPSA) is 42.7 Å². The van der Waals surface area contributed by atoms with Gasteiger partial charge < -0.3 is 9.88 Å². The van der Waals surface area contributed by atoms with Crippen LogP contribution in [0.3, 0.4) is 0 Å². The maximum atomic E-state index is 4.21. The van der Waals surface area contributed by atoms with E-state index in [2.05, 4.69) is 52.8 Å². The van der Waals surface area contributed by atoms with Crippen LogP contribution in [0.15, 0.2) is 35.5 Å². The van der Waals surface area contributed by atoms with Crippen LogP contribution in [0.4, 0.5) is 0 Å². The molecule has 2 aromatic rings. The van der Waals surface area contributed by atoms with E-state index in [-0.39, 0.29) is 0 Å². The molecule has 0 fully saturated rings. The molecule has 0 aliphatic heterocycles. The van der Waals surface area contributed by atoms with Crippen LogP contribution >= 0.6 is 11.8 Å². The molecular weight excluding hydrogens is 268 g/mol. The van der Waals surface area contributed by atoms with Gasteiger partial charge in [0.05, 0.1) is 0 Å². The number of benzene rings is 1. The monoisotopic (exact) mass is 290 g/mol. The zero-order valence-electron chi connectivity index (χ0n) is 12.3. The van der Waals surface area contributed by atoms with Crippen molar-refractivity contribution < 1.29 is 0 Å². The molecule has 4 nitrogen and oxygen atoms in total. The van der Waals surface area contributed by atoms with Gasteiger partial charge in [-0.3, -0.25) is 0 Å². The molecule has 0 aliphatic carbocycles. The molecule has 1 N–H and O–H groups in total. The minimum atomic E-state index is 0.346. The molecule has 0 spiro atoms. The summed E-state index contributed by atoms with van der Waals surface area (Å²) in [6.07, 6.45) is 1.14. The minimum Gasteiger partial charge on any atom is -0.309 e. The Morgan fingerprint density at radius 3 is 2.60 bits per heavy atom. The SMILES string of the molecule is CCCNC(CSc1nnc(C)n1C)c1ccccc1. The number of hydrogen-bond acceptors (Lipinski definition) is 4. The maximum Gasteiger partial charge on any atom is 0.191 e. The molecule has 1 unspecified atom stereocenters. The van der Waals surface area contributed by atoms with Crippen LogP contribution in [-0.4, -0.2) is 27.1 Å². The second-order valence-corrected chi connectivity index (χ2v) is 5.80. The second kappa shape index (κ2) is 7.45. The lowest BCUT2D eigenvalue weighted by Gasteiger charge is -2.18. The molecule has 0 saturated carbocycles. The molecule has 0 radical (unpaired) electrons. The van der Waals surface area contributed by atoms with Crippen molar-refractivity contribution in [3.05, 3.63) is 41.7 Å². The van der Waals surface area contributed by atoms with Gasteiger partial charge in [0.15, 0.2) is 5.16 Å². The van der Waals surface area contributed by atoms with Gasteiger partial charge in [0.1, 0.15) is 5.82 Å². The van der Waals surface area contributed by atoms with Gasteiger partial charge in [0, 0.05) is 18.8 Å². The Bertz CT molecular complexity index is 524. The summed E-state index contributed by atoms with van der Waals surface area (Å²) in [7, 11) is 2.01. The van der Waals surface area contributed by atoms with Crippen molar-refractivity contribution in [1.29, 1.82) is 0 Å². The van der Waals surface area contributed by atoms with Crippen molar-refractivity contribution in [1.82, 2.24) is 20.1 Å². The van der Waals surface area contributed by atoms with Crippen LogP contribution < -0.4 is 5.32 Å². The van der Waals surface area contributed by atoms with Gasteiger partial charge in [0.2, 0.25) is 0 Å². The van der Waals surface area contributed by atoms with Gasteiger partial charge >= 0.3 is 0 Å². The minimum absolute atomic E-state index is 0.346. The highest BCUT2D eigenvalue weighted by atomic mass is 32.2. The fourth-order valence-electron chi connectivity index (χ4n) is 1.95. The van der Waals surface area contributed by atoms with Gasteiger partial charge in [-0.15, -0.1) is 10.2 Å². The van der Waals surface area contributed by atoms with Crippen LogP contribution in [0.1, 0.15) is 30.8 Å². The number of nitrogens with zero attached hydrogens (tertiary/aromatic N) is 3. The quantitative estimate of drug-likeness (QED) is 0.796. The molecule has 0 saturated heterocycles. The number of hydrogen-bond donors (Lipinski definition) is 1. The lowest BCUT2D eigenvalue weighted by Crippen LogP contribution is -2.24. The third kappa shape index (κ3) is 3.84. The first kappa shape index (κ1) is 15.1. The molecule has 1 heterocycles. The fourth-order valence-corrected chi connectivity index (χ4v) is 3.00. The number of nitrogens with one attached hydrogen (secondary N) is 1. The highest BCUT2D eigenvalue weighted by molar-refractivity contribution is 7.99. The van der Waals surface area contributed by atoms with E-state index in [0.29, 0.717) is 6.04 Å². The summed E-state index contributed by atoms with van der Waals surface area (Å²) >= 11 is 1.75. The zero-order valence-corrected chi connectivity index (χ0v) is 13.2. The molecule has 0 bridgehead atoms. The molecule has 0 amide bonds. The van der Waals surface area contributed by atoms with E-state index < -0.39 is 0 Å². The van der Waals surface area contributed by atoms with Gasteiger partial charge in [0.25, 0.3) is 0 Å². The number of rotatable bonds is 7. The molecule has 1 aromatic heterocycles. The van der Waals surface area contributed by atoms with Crippen LogP contribution in [0.2, 0.25) is 0 Å². The van der Waals surface area contributed by atoms with Crippen LogP contribution in [-0.2, 0) is 7.05 Å². The predicted octanol–water partition coefficient (Wildman–Crippen LogP) is 2.96. The van der Waals surface area contributed by atoms with Crippen molar-refractivity contribution in [3.8, 4) is 0 Å². The second-order valence-electron chi connectivity index (χ2n) is 4.82. The summed E-state index contributed by atoms with van der Waals surface area (Å²) < 4.78 is 2.03. The molecule has 2 rings (SSSR count). The average Bonchev–Trinajstić information content (AvgIpc) is 2.80. The smallest absolute Gasteiger partial charge is 0.191 e. The Balaban J connectivity index is 2.03. The van der Waals surface area contributed by atoms with Crippen LogP contribution in [0.5, 0.6) is 0 Å². The first-order valence-corrected chi connectivity index (χ1v) is 7.98. The standard InChI is InChI=1S/C15H22N4S/c1-4-10-16-14(13-8-6-5-7-9-13)11-20-15-18-17-12(2)19(15)3/h5-9,14,16H,4,10-11H2,1-3H3. The maximum absolute atomic E-state index is 4.21. The first-order chi connectivity index (χ1) is 9.72. The summed E-state index contributed by atoms with van der Waals surface area (Å²) in [6, 6.07) is 10.9. The molecule has 5 heteroatoms.